The van der Waals surface area contributed by atoms with Crippen LogP contribution in [0.15, 0.2) is 0 Å². The van der Waals surface area contributed by atoms with Crippen LogP contribution in [0.4, 0.5) is 0 Å². The van der Waals surface area contributed by atoms with Crippen molar-refractivity contribution in [3.63, 3.8) is 0 Å². The fraction of sp³-hybridized carbons (Fsp3) is 1.00. The summed E-state index contributed by atoms with van der Waals surface area (Å²) in [5.41, 5.74) is 0.369. The van der Waals surface area contributed by atoms with Crippen molar-refractivity contribution in [2.75, 3.05) is 33.9 Å². The van der Waals surface area contributed by atoms with Gasteiger partial charge in [0, 0.05) is 24.1 Å². The number of nitrogens with zero attached hydrogens (tertiary/aromatic N) is 1. The maximum Gasteiger partial charge on any atom is 0.0510 e. The molecule has 0 spiro atoms. The molecule has 0 aromatic carbocycles. The molecule has 2 rings (SSSR count). The van der Waals surface area contributed by atoms with E-state index in [4.69, 9.17) is 4.74 Å². The lowest BCUT2D eigenvalue weighted by Gasteiger charge is -2.46. The molecule has 0 amide bonds. The quantitative estimate of drug-likeness (QED) is 0.787. The molecule has 3 heteroatoms. The molecule has 1 heterocycles. The van der Waals surface area contributed by atoms with Crippen LogP contribution < -0.4 is 5.32 Å². The van der Waals surface area contributed by atoms with Gasteiger partial charge < -0.3 is 15.0 Å². The van der Waals surface area contributed by atoms with Crippen molar-refractivity contribution in [2.24, 2.45) is 5.92 Å². The van der Waals surface area contributed by atoms with E-state index < -0.39 is 0 Å². The summed E-state index contributed by atoms with van der Waals surface area (Å²) in [4.78, 5) is 2.49. The summed E-state index contributed by atoms with van der Waals surface area (Å²) in [5.74, 6) is 0.706. The minimum atomic E-state index is 0.369. The van der Waals surface area contributed by atoms with Crippen molar-refractivity contribution in [3.8, 4) is 0 Å². The molecule has 0 bridgehead atoms. The van der Waals surface area contributed by atoms with E-state index in [1.165, 1.54) is 38.5 Å². The molecular formula is C15H30N2O. The summed E-state index contributed by atoms with van der Waals surface area (Å²) in [6.07, 6.45) is 7.91. The van der Waals surface area contributed by atoms with Gasteiger partial charge in [0.2, 0.25) is 0 Å². The zero-order chi connectivity index (χ0) is 13.0. The fourth-order valence-corrected chi connectivity index (χ4v) is 3.93. The minimum Gasteiger partial charge on any atom is -0.381 e. The van der Waals surface area contributed by atoms with Gasteiger partial charge >= 0.3 is 0 Å². The van der Waals surface area contributed by atoms with Gasteiger partial charge in [0.1, 0.15) is 0 Å². The molecule has 1 saturated heterocycles. The molecule has 2 aliphatic rings. The van der Waals surface area contributed by atoms with Crippen LogP contribution in [0.3, 0.4) is 0 Å². The van der Waals surface area contributed by atoms with Gasteiger partial charge in [-0.05, 0) is 46.3 Å². The van der Waals surface area contributed by atoms with Gasteiger partial charge in [-0.25, -0.2) is 0 Å². The number of rotatable bonds is 6. The van der Waals surface area contributed by atoms with Crippen molar-refractivity contribution in [1.29, 1.82) is 0 Å². The Hall–Kier alpha value is -0.120. The van der Waals surface area contributed by atoms with Gasteiger partial charge in [-0.3, -0.25) is 0 Å². The van der Waals surface area contributed by atoms with Crippen LogP contribution in [-0.4, -0.2) is 50.3 Å². The molecule has 1 N–H and O–H groups in total. The largest absolute Gasteiger partial charge is 0.381 e. The Morgan fingerprint density at radius 2 is 2.06 bits per heavy atom. The Morgan fingerprint density at radius 1 is 1.33 bits per heavy atom. The van der Waals surface area contributed by atoms with Gasteiger partial charge in [0.15, 0.2) is 0 Å². The number of nitrogens with one attached hydrogen (secondary N) is 1. The van der Waals surface area contributed by atoms with Crippen LogP contribution in [0.2, 0.25) is 0 Å². The first-order chi connectivity index (χ1) is 8.70. The minimum absolute atomic E-state index is 0.369. The van der Waals surface area contributed by atoms with E-state index in [-0.39, 0.29) is 0 Å². The third-order valence-corrected chi connectivity index (χ3v) is 4.99. The molecule has 106 valence electrons. The number of ether oxygens (including phenoxy) is 1. The van der Waals surface area contributed by atoms with Gasteiger partial charge in [-0.2, -0.15) is 0 Å². The van der Waals surface area contributed by atoms with Crippen LogP contribution in [0.5, 0.6) is 0 Å². The molecule has 3 nitrogen and oxygen atoms in total. The molecular weight excluding hydrogens is 224 g/mol. The molecule has 2 fully saturated rings. The maximum atomic E-state index is 5.64. The van der Waals surface area contributed by atoms with E-state index in [0.29, 0.717) is 17.5 Å². The summed E-state index contributed by atoms with van der Waals surface area (Å²) in [6, 6.07) is 0.609. The van der Waals surface area contributed by atoms with E-state index in [0.717, 1.165) is 19.8 Å². The predicted molar refractivity (Wildman–Crippen MR) is 75.9 cm³/mol. The van der Waals surface area contributed by atoms with Crippen molar-refractivity contribution >= 4 is 0 Å². The Morgan fingerprint density at radius 3 is 2.56 bits per heavy atom. The summed E-state index contributed by atoms with van der Waals surface area (Å²) in [6.45, 7) is 5.30. The fourth-order valence-electron chi connectivity index (χ4n) is 3.93. The summed E-state index contributed by atoms with van der Waals surface area (Å²) in [5, 5.41) is 3.85. The zero-order valence-corrected chi connectivity index (χ0v) is 12.4. The van der Waals surface area contributed by atoms with E-state index in [1.807, 2.05) is 0 Å². The standard InChI is InChI=1S/C15H30N2O/c1-4-10-16-14(13-7-11-18-12-13)15(17(2)3)8-5-6-9-15/h13-14,16H,4-12H2,1-3H3. The molecule has 0 aromatic heterocycles. The third-order valence-electron chi connectivity index (χ3n) is 4.99. The number of likely N-dealkylation sites (N-methyl/N-ethyl adjacent to an activating group) is 1. The molecule has 2 unspecified atom stereocenters. The number of hydrogen-bond acceptors (Lipinski definition) is 3. The SMILES string of the molecule is CCCNC(C1CCOC1)C1(N(C)C)CCCC1. The van der Waals surface area contributed by atoms with Crippen molar-refractivity contribution in [1.82, 2.24) is 10.2 Å². The van der Waals surface area contributed by atoms with E-state index in [9.17, 15) is 0 Å². The highest BCUT2D eigenvalue weighted by Gasteiger charge is 2.46. The number of hydrogen-bond donors (Lipinski definition) is 1. The Labute approximate surface area is 112 Å². The molecule has 1 saturated carbocycles. The highest BCUT2D eigenvalue weighted by Crippen LogP contribution is 2.40. The van der Waals surface area contributed by atoms with Crippen molar-refractivity contribution in [2.45, 2.75) is 57.0 Å². The molecule has 2 atom stereocenters. The molecule has 1 aliphatic heterocycles. The lowest BCUT2D eigenvalue weighted by atomic mass is 9.78. The monoisotopic (exact) mass is 254 g/mol. The Kier molecular flexibility index (Phi) is 5.05. The topological polar surface area (TPSA) is 24.5 Å². The lowest BCUT2D eigenvalue weighted by Crippen LogP contribution is -2.60. The lowest BCUT2D eigenvalue weighted by molar-refractivity contribution is 0.0666. The average Bonchev–Trinajstić information content (AvgIpc) is 3.00. The van der Waals surface area contributed by atoms with Crippen LogP contribution in [0, 0.1) is 5.92 Å². The van der Waals surface area contributed by atoms with Crippen LogP contribution >= 0.6 is 0 Å². The van der Waals surface area contributed by atoms with Gasteiger partial charge in [0.05, 0.1) is 6.61 Å². The van der Waals surface area contributed by atoms with E-state index >= 15 is 0 Å². The summed E-state index contributed by atoms with van der Waals surface area (Å²) >= 11 is 0. The first-order valence-electron chi connectivity index (χ1n) is 7.69. The average molecular weight is 254 g/mol. The Balaban J connectivity index is 2.13. The van der Waals surface area contributed by atoms with Gasteiger partial charge in [-0.15, -0.1) is 0 Å². The van der Waals surface area contributed by atoms with Gasteiger partial charge in [-0.1, -0.05) is 19.8 Å². The van der Waals surface area contributed by atoms with E-state index in [2.05, 4.69) is 31.2 Å². The molecule has 0 radical (unpaired) electrons. The van der Waals surface area contributed by atoms with Crippen LogP contribution in [0.25, 0.3) is 0 Å². The van der Waals surface area contributed by atoms with Gasteiger partial charge in [0.25, 0.3) is 0 Å². The second kappa shape index (κ2) is 6.36. The Bertz CT molecular complexity index is 243. The first-order valence-corrected chi connectivity index (χ1v) is 7.69. The highest BCUT2D eigenvalue weighted by atomic mass is 16.5. The predicted octanol–water partition coefficient (Wildman–Crippen LogP) is 2.27. The normalized spacial score (nSPS) is 29.0. The molecule has 0 aromatic rings. The molecule has 18 heavy (non-hydrogen) atoms. The highest BCUT2D eigenvalue weighted by molar-refractivity contribution is 5.05. The van der Waals surface area contributed by atoms with Crippen molar-refractivity contribution in [3.05, 3.63) is 0 Å². The summed E-state index contributed by atoms with van der Waals surface area (Å²) < 4.78 is 5.64. The molecule has 1 aliphatic carbocycles. The van der Waals surface area contributed by atoms with Crippen LogP contribution in [-0.2, 0) is 4.74 Å². The zero-order valence-electron chi connectivity index (χ0n) is 12.4. The third kappa shape index (κ3) is 2.73. The first kappa shape index (κ1) is 14.3. The maximum absolute atomic E-state index is 5.64. The van der Waals surface area contributed by atoms with E-state index in [1.54, 1.807) is 0 Å². The van der Waals surface area contributed by atoms with Crippen molar-refractivity contribution < 1.29 is 4.74 Å². The second-order valence-corrected chi connectivity index (χ2v) is 6.26. The smallest absolute Gasteiger partial charge is 0.0510 e. The van der Waals surface area contributed by atoms with Crippen LogP contribution in [0.1, 0.15) is 45.4 Å². The second-order valence-electron chi connectivity index (χ2n) is 6.26. The summed E-state index contributed by atoms with van der Waals surface area (Å²) in [7, 11) is 4.53.